The second kappa shape index (κ2) is 5.79. The number of carbonyl (C=O) groups is 1. The first-order chi connectivity index (χ1) is 9.56. The zero-order valence-corrected chi connectivity index (χ0v) is 11.8. The van der Waals surface area contributed by atoms with E-state index in [1.54, 1.807) is 24.3 Å². The molecule has 0 saturated heterocycles. The van der Waals surface area contributed by atoms with Gasteiger partial charge in [0.2, 0.25) is 11.8 Å². The van der Waals surface area contributed by atoms with Gasteiger partial charge < -0.3 is 15.2 Å². The summed E-state index contributed by atoms with van der Waals surface area (Å²) in [6.45, 7) is 0. The third-order valence-electron chi connectivity index (χ3n) is 2.79. The minimum atomic E-state index is -0.522. The summed E-state index contributed by atoms with van der Waals surface area (Å²) in [4.78, 5) is 15.3. The number of pyridine rings is 1. The Kier molecular flexibility index (Phi) is 4.10. The van der Waals surface area contributed by atoms with Crippen molar-refractivity contribution in [3.8, 4) is 22.8 Å². The fourth-order valence-electron chi connectivity index (χ4n) is 1.85. The molecule has 2 aromatic rings. The molecular formula is C14H13ClN2O3. The molecular weight excluding hydrogens is 280 g/mol. The quantitative estimate of drug-likeness (QED) is 0.939. The Morgan fingerprint density at radius 1 is 1.20 bits per heavy atom. The number of amides is 1. The molecule has 0 radical (unpaired) electrons. The molecule has 1 aromatic heterocycles. The fourth-order valence-corrected chi connectivity index (χ4v) is 2.01. The zero-order valence-electron chi connectivity index (χ0n) is 11.0. The van der Waals surface area contributed by atoms with Gasteiger partial charge in [-0.1, -0.05) is 11.6 Å². The molecule has 20 heavy (non-hydrogen) atoms. The number of methoxy groups -OCH3 is 2. The van der Waals surface area contributed by atoms with Crippen LogP contribution in [0.1, 0.15) is 10.4 Å². The van der Waals surface area contributed by atoms with Crippen LogP contribution in [-0.4, -0.2) is 25.1 Å². The van der Waals surface area contributed by atoms with Crippen LogP contribution in [0.5, 0.6) is 11.6 Å². The molecule has 104 valence electrons. The van der Waals surface area contributed by atoms with E-state index >= 15 is 0 Å². The van der Waals surface area contributed by atoms with E-state index in [4.69, 9.17) is 26.8 Å². The highest BCUT2D eigenvalue weighted by Gasteiger charge is 2.14. The Balaban J connectivity index is 2.63. The average Bonchev–Trinajstić information content (AvgIpc) is 2.46. The predicted molar refractivity (Wildman–Crippen MR) is 76.3 cm³/mol. The van der Waals surface area contributed by atoms with Gasteiger partial charge in [0.05, 0.1) is 19.2 Å². The molecule has 0 aliphatic heterocycles. The predicted octanol–water partition coefficient (Wildman–Crippen LogP) is 2.52. The molecule has 0 spiro atoms. The van der Waals surface area contributed by atoms with E-state index in [1.165, 1.54) is 20.4 Å². The normalized spacial score (nSPS) is 10.2. The summed E-state index contributed by atoms with van der Waals surface area (Å²) in [6, 6.07) is 6.61. The van der Waals surface area contributed by atoms with Crippen LogP contribution in [0.15, 0.2) is 30.5 Å². The fraction of sp³-hybridized carbons (Fsp3) is 0.143. The number of rotatable bonds is 4. The lowest BCUT2D eigenvalue weighted by Crippen LogP contribution is -2.11. The number of nitrogens with two attached hydrogens (primary N) is 1. The van der Waals surface area contributed by atoms with Crippen LogP contribution >= 0.6 is 11.6 Å². The maximum absolute atomic E-state index is 11.2. The molecule has 0 aliphatic carbocycles. The van der Waals surface area contributed by atoms with E-state index in [0.717, 1.165) is 0 Å². The van der Waals surface area contributed by atoms with Gasteiger partial charge in [-0.05, 0) is 24.3 Å². The Morgan fingerprint density at radius 2 is 1.95 bits per heavy atom. The van der Waals surface area contributed by atoms with Gasteiger partial charge in [-0.2, -0.15) is 0 Å². The highest BCUT2D eigenvalue weighted by molar-refractivity contribution is 6.30. The van der Waals surface area contributed by atoms with Crippen LogP contribution in [-0.2, 0) is 0 Å². The summed E-state index contributed by atoms with van der Waals surface area (Å²) in [6.07, 6.45) is 1.49. The van der Waals surface area contributed by atoms with Crippen molar-refractivity contribution in [1.29, 1.82) is 0 Å². The van der Waals surface area contributed by atoms with Crippen molar-refractivity contribution in [2.24, 2.45) is 5.73 Å². The monoisotopic (exact) mass is 292 g/mol. The van der Waals surface area contributed by atoms with Crippen LogP contribution in [0.2, 0.25) is 5.02 Å². The Morgan fingerprint density at radius 3 is 2.55 bits per heavy atom. The minimum Gasteiger partial charge on any atom is -0.496 e. The molecule has 0 atom stereocenters. The first-order valence-corrected chi connectivity index (χ1v) is 6.12. The van der Waals surface area contributed by atoms with Gasteiger partial charge in [-0.25, -0.2) is 4.98 Å². The van der Waals surface area contributed by atoms with E-state index in [0.29, 0.717) is 33.3 Å². The van der Waals surface area contributed by atoms with Crippen LogP contribution in [0.4, 0.5) is 0 Å². The molecule has 2 rings (SSSR count). The number of hydrogen-bond donors (Lipinski definition) is 1. The smallest absolute Gasteiger partial charge is 0.248 e. The number of primary amides is 1. The van der Waals surface area contributed by atoms with Gasteiger partial charge in [0.25, 0.3) is 0 Å². The number of hydrogen-bond acceptors (Lipinski definition) is 4. The maximum atomic E-state index is 11.2. The lowest BCUT2D eigenvalue weighted by Gasteiger charge is -2.12. The highest BCUT2D eigenvalue weighted by atomic mass is 35.5. The number of carbonyl (C=O) groups excluding carboxylic acids is 1. The Hall–Kier alpha value is -2.27. The largest absolute Gasteiger partial charge is 0.496 e. The molecule has 0 bridgehead atoms. The van der Waals surface area contributed by atoms with E-state index in [2.05, 4.69) is 4.98 Å². The zero-order chi connectivity index (χ0) is 14.7. The van der Waals surface area contributed by atoms with Crippen LogP contribution in [0, 0.1) is 0 Å². The SMILES string of the molecule is COc1cc(C(N)=O)ccc1-c1cc(Cl)cnc1OC. The number of nitrogens with zero attached hydrogens (tertiary/aromatic N) is 1. The van der Waals surface area contributed by atoms with Crippen molar-refractivity contribution in [2.45, 2.75) is 0 Å². The molecule has 0 unspecified atom stereocenters. The molecule has 0 saturated carbocycles. The molecule has 0 aliphatic rings. The van der Waals surface area contributed by atoms with Gasteiger partial charge in [0, 0.05) is 22.9 Å². The van der Waals surface area contributed by atoms with Crippen molar-refractivity contribution in [2.75, 3.05) is 14.2 Å². The number of aromatic nitrogens is 1. The van der Waals surface area contributed by atoms with Gasteiger partial charge in [0.1, 0.15) is 5.75 Å². The molecule has 1 aromatic carbocycles. The molecule has 1 heterocycles. The maximum Gasteiger partial charge on any atom is 0.248 e. The minimum absolute atomic E-state index is 0.361. The summed E-state index contributed by atoms with van der Waals surface area (Å²) >= 11 is 5.97. The third kappa shape index (κ3) is 2.67. The molecule has 2 N–H and O–H groups in total. The first kappa shape index (κ1) is 14.1. The van der Waals surface area contributed by atoms with Gasteiger partial charge in [-0.3, -0.25) is 4.79 Å². The third-order valence-corrected chi connectivity index (χ3v) is 2.99. The lowest BCUT2D eigenvalue weighted by molar-refractivity contribution is 0.1000. The van der Waals surface area contributed by atoms with E-state index in [-0.39, 0.29) is 0 Å². The van der Waals surface area contributed by atoms with Crippen LogP contribution < -0.4 is 15.2 Å². The van der Waals surface area contributed by atoms with Crippen LogP contribution in [0.3, 0.4) is 0 Å². The summed E-state index contributed by atoms with van der Waals surface area (Å²) in [5.41, 5.74) is 7.00. The average molecular weight is 293 g/mol. The van der Waals surface area contributed by atoms with Gasteiger partial charge in [0.15, 0.2) is 0 Å². The highest BCUT2D eigenvalue weighted by Crippen LogP contribution is 2.36. The van der Waals surface area contributed by atoms with E-state index < -0.39 is 5.91 Å². The van der Waals surface area contributed by atoms with Crippen molar-refractivity contribution in [3.63, 3.8) is 0 Å². The standard InChI is InChI=1S/C14H13ClN2O3/c1-19-12-5-8(13(16)18)3-4-10(12)11-6-9(15)7-17-14(11)20-2/h3-7H,1-2H3,(H2,16,18). The van der Waals surface area contributed by atoms with Gasteiger partial charge in [-0.15, -0.1) is 0 Å². The molecule has 0 fully saturated rings. The summed E-state index contributed by atoms with van der Waals surface area (Å²) in [7, 11) is 3.03. The summed E-state index contributed by atoms with van der Waals surface area (Å²) in [5.74, 6) is 0.384. The van der Waals surface area contributed by atoms with Crippen LogP contribution in [0.25, 0.3) is 11.1 Å². The van der Waals surface area contributed by atoms with E-state index in [1.807, 2.05) is 0 Å². The summed E-state index contributed by atoms with van der Waals surface area (Å²) < 4.78 is 10.5. The van der Waals surface area contributed by atoms with E-state index in [9.17, 15) is 4.79 Å². The Bertz CT molecular complexity index is 659. The van der Waals surface area contributed by atoms with Crippen molar-refractivity contribution < 1.29 is 14.3 Å². The lowest BCUT2D eigenvalue weighted by atomic mass is 10.0. The second-order valence-electron chi connectivity index (χ2n) is 3.99. The number of ether oxygens (including phenoxy) is 2. The summed E-state index contributed by atoms with van der Waals surface area (Å²) in [5, 5.41) is 0.474. The first-order valence-electron chi connectivity index (χ1n) is 5.74. The van der Waals surface area contributed by atoms with Crippen molar-refractivity contribution in [3.05, 3.63) is 41.0 Å². The second-order valence-corrected chi connectivity index (χ2v) is 4.43. The van der Waals surface area contributed by atoms with Crippen molar-refractivity contribution >= 4 is 17.5 Å². The van der Waals surface area contributed by atoms with Gasteiger partial charge >= 0.3 is 0 Å². The molecule has 6 heteroatoms. The Labute approximate surface area is 121 Å². The molecule has 5 nitrogen and oxygen atoms in total. The number of halogens is 1. The number of benzene rings is 1. The topological polar surface area (TPSA) is 74.4 Å². The molecule has 1 amide bonds. The van der Waals surface area contributed by atoms with Crippen molar-refractivity contribution in [1.82, 2.24) is 4.98 Å².